The number of hydrogen-bond donors (Lipinski definition) is 2. The van der Waals surface area contributed by atoms with Crippen molar-refractivity contribution in [2.75, 3.05) is 13.1 Å². The molecule has 2 N–H and O–H groups in total. The summed E-state index contributed by atoms with van der Waals surface area (Å²) in [5.41, 5.74) is 0.222. The Hall–Kier alpha value is -0.570. The van der Waals surface area contributed by atoms with E-state index in [0.29, 0.717) is 12.3 Å². The first kappa shape index (κ1) is 17.4. The van der Waals surface area contributed by atoms with E-state index in [1.165, 1.54) is 0 Å². The van der Waals surface area contributed by atoms with Crippen LogP contribution in [0.1, 0.15) is 61.3 Å². The first-order valence-electron chi connectivity index (χ1n) is 7.10. The molecule has 0 spiro atoms. The smallest absolute Gasteiger partial charge is 0.220 e. The van der Waals surface area contributed by atoms with E-state index in [1.807, 2.05) is 0 Å². The zero-order valence-electron chi connectivity index (χ0n) is 13.3. The fourth-order valence-electron chi connectivity index (χ4n) is 2.58. The number of carbonyl (C=O) groups is 1. The molecule has 0 aliphatic carbocycles. The Labute approximate surface area is 113 Å². The van der Waals surface area contributed by atoms with Gasteiger partial charge in [0.2, 0.25) is 5.91 Å². The van der Waals surface area contributed by atoms with Crippen LogP contribution in [-0.2, 0) is 4.79 Å². The zero-order chi connectivity index (χ0) is 14.4. The van der Waals surface area contributed by atoms with Crippen molar-refractivity contribution in [3.8, 4) is 0 Å². The summed E-state index contributed by atoms with van der Waals surface area (Å²) >= 11 is 0. The highest BCUT2D eigenvalue weighted by Crippen LogP contribution is 2.27. The first-order valence-corrected chi connectivity index (χ1v) is 7.10. The Balaban J connectivity index is 4.18. The molecule has 0 atom stereocenters. The summed E-state index contributed by atoms with van der Waals surface area (Å²) < 4.78 is 0. The van der Waals surface area contributed by atoms with E-state index in [2.05, 4.69) is 59.1 Å². The second kappa shape index (κ2) is 7.13. The number of amides is 1. The van der Waals surface area contributed by atoms with E-state index >= 15 is 0 Å². The summed E-state index contributed by atoms with van der Waals surface area (Å²) in [7, 11) is 0. The molecule has 0 bridgehead atoms. The lowest BCUT2D eigenvalue weighted by molar-refractivity contribution is -0.122. The Morgan fingerprint density at radius 3 is 2.17 bits per heavy atom. The molecule has 18 heavy (non-hydrogen) atoms. The van der Waals surface area contributed by atoms with Crippen LogP contribution in [0.25, 0.3) is 0 Å². The summed E-state index contributed by atoms with van der Waals surface area (Å²) in [6, 6.07) is 0. The number of rotatable bonds is 8. The van der Waals surface area contributed by atoms with Gasteiger partial charge in [0.1, 0.15) is 0 Å². The van der Waals surface area contributed by atoms with Crippen LogP contribution in [-0.4, -0.2) is 24.5 Å². The Morgan fingerprint density at radius 2 is 1.72 bits per heavy atom. The second-order valence-corrected chi connectivity index (χ2v) is 7.13. The third-order valence-corrected chi connectivity index (χ3v) is 2.93. The third-order valence-electron chi connectivity index (χ3n) is 2.93. The molecule has 0 aliphatic rings. The minimum absolute atomic E-state index is 0.109. The summed E-state index contributed by atoms with van der Waals surface area (Å²) in [4.78, 5) is 11.7. The van der Waals surface area contributed by atoms with E-state index in [0.717, 1.165) is 19.5 Å². The molecule has 1 amide bonds. The molecule has 0 radical (unpaired) electrons. The minimum Gasteiger partial charge on any atom is -0.356 e. The molecule has 108 valence electrons. The van der Waals surface area contributed by atoms with Gasteiger partial charge in [-0.05, 0) is 38.1 Å². The standard InChI is InChI=1S/C15H32N2O/c1-8-17-15(6,7)10-14(4,5)11-16-13(18)9-12(2)3/h12,17H,8-11H2,1-7H3,(H,16,18). The van der Waals surface area contributed by atoms with Gasteiger partial charge in [-0.15, -0.1) is 0 Å². The van der Waals surface area contributed by atoms with E-state index in [1.54, 1.807) is 0 Å². The van der Waals surface area contributed by atoms with Gasteiger partial charge in [-0.1, -0.05) is 34.6 Å². The number of hydrogen-bond acceptors (Lipinski definition) is 2. The van der Waals surface area contributed by atoms with E-state index in [9.17, 15) is 4.79 Å². The molecule has 0 aliphatic heterocycles. The van der Waals surface area contributed by atoms with Crippen molar-refractivity contribution in [2.45, 2.75) is 66.8 Å². The summed E-state index contributed by atoms with van der Waals surface area (Å²) in [5.74, 6) is 0.589. The van der Waals surface area contributed by atoms with Gasteiger partial charge in [-0.25, -0.2) is 0 Å². The van der Waals surface area contributed by atoms with Gasteiger partial charge in [-0.2, -0.15) is 0 Å². The molecule has 3 heteroatoms. The molecule has 0 aromatic rings. The van der Waals surface area contributed by atoms with Gasteiger partial charge in [0.15, 0.2) is 0 Å². The summed E-state index contributed by atoms with van der Waals surface area (Å²) in [6.45, 7) is 16.8. The quantitative estimate of drug-likeness (QED) is 0.701. The van der Waals surface area contributed by atoms with Crippen LogP contribution in [0.5, 0.6) is 0 Å². The van der Waals surface area contributed by atoms with Crippen LogP contribution in [0.2, 0.25) is 0 Å². The lowest BCUT2D eigenvalue weighted by atomic mass is 9.80. The SMILES string of the molecule is CCNC(C)(C)CC(C)(C)CNC(=O)CC(C)C. The fourth-order valence-corrected chi connectivity index (χ4v) is 2.58. The van der Waals surface area contributed by atoms with Crippen LogP contribution in [0.4, 0.5) is 0 Å². The molecule has 0 saturated carbocycles. The van der Waals surface area contributed by atoms with Crippen molar-refractivity contribution >= 4 is 5.91 Å². The summed E-state index contributed by atoms with van der Waals surface area (Å²) in [5, 5.41) is 6.54. The van der Waals surface area contributed by atoms with Crippen LogP contribution in [0, 0.1) is 11.3 Å². The van der Waals surface area contributed by atoms with Gasteiger partial charge in [0.05, 0.1) is 0 Å². The summed E-state index contributed by atoms with van der Waals surface area (Å²) in [6.07, 6.45) is 1.66. The minimum atomic E-state index is 0.109. The van der Waals surface area contributed by atoms with E-state index in [-0.39, 0.29) is 16.9 Å². The molecular weight excluding hydrogens is 224 g/mol. The first-order chi connectivity index (χ1) is 8.08. The Morgan fingerprint density at radius 1 is 1.17 bits per heavy atom. The average molecular weight is 256 g/mol. The third kappa shape index (κ3) is 8.51. The molecule has 0 aromatic carbocycles. The maximum Gasteiger partial charge on any atom is 0.220 e. The van der Waals surface area contributed by atoms with Crippen molar-refractivity contribution in [3.63, 3.8) is 0 Å². The number of nitrogens with one attached hydrogen (secondary N) is 2. The van der Waals surface area contributed by atoms with Gasteiger partial charge in [0, 0.05) is 18.5 Å². The van der Waals surface area contributed by atoms with Crippen LogP contribution >= 0.6 is 0 Å². The van der Waals surface area contributed by atoms with Crippen molar-refractivity contribution in [1.82, 2.24) is 10.6 Å². The molecule has 0 rings (SSSR count). The molecule has 0 heterocycles. The van der Waals surface area contributed by atoms with E-state index < -0.39 is 0 Å². The van der Waals surface area contributed by atoms with Crippen LogP contribution in [0.3, 0.4) is 0 Å². The highest BCUT2D eigenvalue weighted by Gasteiger charge is 2.28. The lowest BCUT2D eigenvalue weighted by Crippen LogP contribution is -2.46. The molecule has 0 saturated heterocycles. The highest BCUT2D eigenvalue weighted by atomic mass is 16.1. The highest BCUT2D eigenvalue weighted by molar-refractivity contribution is 5.76. The van der Waals surface area contributed by atoms with Gasteiger partial charge in [-0.3, -0.25) is 4.79 Å². The maximum atomic E-state index is 11.7. The van der Waals surface area contributed by atoms with Gasteiger partial charge in [0.25, 0.3) is 0 Å². The lowest BCUT2D eigenvalue weighted by Gasteiger charge is -2.35. The molecule has 3 nitrogen and oxygen atoms in total. The molecule has 0 aromatic heterocycles. The van der Waals surface area contributed by atoms with Crippen LogP contribution < -0.4 is 10.6 Å². The molecule has 0 unspecified atom stereocenters. The van der Waals surface area contributed by atoms with Gasteiger partial charge >= 0.3 is 0 Å². The molecule has 0 fully saturated rings. The normalized spacial score (nSPS) is 12.9. The van der Waals surface area contributed by atoms with E-state index in [4.69, 9.17) is 0 Å². The zero-order valence-corrected chi connectivity index (χ0v) is 13.3. The predicted molar refractivity (Wildman–Crippen MR) is 78.6 cm³/mol. The number of carbonyl (C=O) groups excluding carboxylic acids is 1. The monoisotopic (exact) mass is 256 g/mol. The van der Waals surface area contributed by atoms with Crippen molar-refractivity contribution < 1.29 is 4.79 Å². The molecular formula is C15H32N2O. The topological polar surface area (TPSA) is 41.1 Å². The van der Waals surface area contributed by atoms with Crippen LogP contribution in [0.15, 0.2) is 0 Å². The van der Waals surface area contributed by atoms with Gasteiger partial charge < -0.3 is 10.6 Å². The predicted octanol–water partition coefficient (Wildman–Crippen LogP) is 2.95. The Kier molecular flexibility index (Phi) is 6.90. The van der Waals surface area contributed by atoms with Crippen molar-refractivity contribution in [2.24, 2.45) is 11.3 Å². The fraction of sp³-hybridized carbons (Fsp3) is 0.933. The van der Waals surface area contributed by atoms with Crippen molar-refractivity contribution in [1.29, 1.82) is 0 Å². The largest absolute Gasteiger partial charge is 0.356 e. The maximum absolute atomic E-state index is 11.7. The average Bonchev–Trinajstić information content (AvgIpc) is 2.11. The van der Waals surface area contributed by atoms with Crippen molar-refractivity contribution in [3.05, 3.63) is 0 Å². The Bertz CT molecular complexity index is 257. The second-order valence-electron chi connectivity index (χ2n) is 7.13.